The summed E-state index contributed by atoms with van der Waals surface area (Å²) in [5.74, 6) is 0.274. The van der Waals surface area contributed by atoms with E-state index in [4.69, 9.17) is 0 Å². The molecule has 0 saturated heterocycles. The molecule has 1 aromatic heterocycles. The Bertz CT molecular complexity index is 1080. The molecule has 2 N–H and O–H groups in total. The van der Waals surface area contributed by atoms with Crippen molar-refractivity contribution >= 4 is 29.3 Å². The van der Waals surface area contributed by atoms with E-state index in [9.17, 15) is 9.59 Å². The van der Waals surface area contributed by atoms with Gasteiger partial charge in [0.05, 0.1) is 0 Å². The third-order valence-corrected chi connectivity index (χ3v) is 6.62. The number of hydrogen-bond acceptors (Lipinski definition) is 5. The number of allylic oxidation sites excluding steroid dienone is 3. The zero-order valence-electron chi connectivity index (χ0n) is 18.3. The van der Waals surface area contributed by atoms with E-state index in [1.807, 2.05) is 50.4 Å². The molecule has 0 bridgehead atoms. The maximum absolute atomic E-state index is 13.4. The highest BCUT2D eigenvalue weighted by Crippen LogP contribution is 2.43. The van der Waals surface area contributed by atoms with Gasteiger partial charge >= 0.3 is 0 Å². The van der Waals surface area contributed by atoms with Crippen LogP contribution in [0, 0.1) is 12.8 Å². The van der Waals surface area contributed by atoms with E-state index in [0.717, 1.165) is 39.4 Å². The lowest BCUT2D eigenvalue weighted by Gasteiger charge is -2.36. The number of nitrogens with zero attached hydrogens (tertiary/aromatic N) is 1. The Morgan fingerprint density at radius 3 is 2.52 bits per heavy atom. The van der Waals surface area contributed by atoms with Gasteiger partial charge in [0.15, 0.2) is 5.78 Å². The smallest absolute Gasteiger partial charge is 0.255 e. The predicted octanol–water partition coefficient (Wildman–Crippen LogP) is 4.96. The predicted molar refractivity (Wildman–Crippen MR) is 125 cm³/mol. The third kappa shape index (κ3) is 4.30. The van der Waals surface area contributed by atoms with Crippen molar-refractivity contribution in [3.63, 3.8) is 0 Å². The summed E-state index contributed by atoms with van der Waals surface area (Å²) in [7, 11) is 0. The van der Waals surface area contributed by atoms with Gasteiger partial charge in [-0.05, 0) is 61.8 Å². The molecule has 0 saturated carbocycles. The van der Waals surface area contributed by atoms with Gasteiger partial charge in [-0.2, -0.15) is 0 Å². The maximum Gasteiger partial charge on any atom is 0.255 e. The number of thioether (sulfide) groups is 1. The van der Waals surface area contributed by atoms with Crippen LogP contribution in [0.3, 0.4) is 0 Å². The molecular formula is C25H27N3O2S. The van der Waals surface area contributed by atoms with Gasteiger partial charge in [-0.25, -0.2) is 4.98 Å². The first-order valence-corrected chi connectivity index (χ1v) is 11.7. The number of carbonyl (C=O) groups excluding carboxylic acids is 2. The van der Waals surface area contributed by atoms with Gasteiger partial charge in [-0.1, -0.05) is 25.1 Å². The van der Waals surface area contributed by atoms with E-state index in [0.29, 0.717) is 23.7 Å². The van der Waals surface area contributed by atoms with Crippen molar-refractivity contribution in [1.29, 1.82) is 0 Å². The van der Waals surface area contributed by atoms with Crippen molar-refractivity contribution in [3.8, 4) is 0 Å². The molecule has 1 aromatic carbocycles. The van der Waals surface area contributed by atoms with Gasteiger partial charge in [0.2, 0.25) is 0 Å². The highest BCUT2D eigenvalue weighted by Gasteiger charge is 2.39. The van der Waals surface area contributed by atoms with Crippen LogP contribution in [-0.2, 0) is 9.59 Å². The molecule has 2 aliphatic rings. The normalized spacial score (nSPS) is 21.0. The van der Waals surface area contributed by atoms with Gasteiger partial charge in [-0.15, -0.1) is 11.8 Å². The molecule has 6 heteroatoms. The Balaban J connectivity index is 1.77. The highest BCUT2D eigenvalue weighted by molar-refractivity contribution is 7.98. The standard InChI is InChI=1S/C25H27N3O2S/c1-14-5-10-21(26-13-14)28-25(30)22-16(3)27-19-11-15(2)12-20(29)24(19)23(22)17-6-8-18(31-4)9-7-17/h5-10,13,15,23,27H,11-12H2,1-4H3,(H,26,28,30)/t15-,23+/m0/s1. The van der Waals surface area contributed by atoms with Gasteiger partial charge in [0.1, 0.15) is 5.82 Å². The molecule has 2 atom stereocenters. The first-order chi connectivity index (χ1) is 14.9. The molecule has 31 heavy (non-hydrogen) atoms. The summed E-state index contributed by atoms with van der Waals surface area (Å²) >= 11 is 1.67. The van der Waals surface area contributed by atoms with Crippen molar-refractivity contribution in [2.45, 2.75) is 44.4 Å². The molecule has 0 radical (unpaired) electrons. The molecule has 2 heterocycles. The molecule has 0 spiro atoms. The fraction of sp³-hybridized carbons (Fsp3) is 0.320. The number of aromatic nitrogens is 1. The minimum atomic E-state index is -0.391. The van der Waals surface area contributed by atoms with Crippen LogP contribution in [0.2, 0.25) is 0 Å². The van der Waals surface area contributed by atoms with Crippen LogP contribution in [-0.4, -0.2) is 22.9 Å². The number of carbonyl (C=O) groups is 2. The Hall–Kier alpha value is -2.86. The summed E-state index contributed by atoms with van der Waals surface area (Å²) in [5.41, 5.74) is 5.00. The summed E-state index contributed by atoms with van der Waals surface area (Å²) in [6, 6.07) is 11.9. The van der Waals surface area contributed by atoms with Crippen molar-refractivity contribution in [2.24, 2.45) is 5.92 Å². The zero-order chi connectivity index (χ0) is 22.1. The molecule has 5 nitrogen and oxygen atoms in total. The second kappa shape index (κ2) is 8.71. The van der Waals surface area contributed by atoms with Crippen molar-refractivity contribution in [3.05, 3.63) is 76.3 Å². The Kier molecular flexibility index (Phi) is 6.01. The van der Waals surface area contributed by atoms with Gasteiger partial charge in [0.25, 0.3) is 5.91 Å². The van der Waals surface area contributed by atoms with Crippen LogP contribution in [0.5, 0.6) is 0 Å². The monoisotopic (exact) mass is 433 g/mol. The Labute approximate surface area is 187 Å². The number of aryl methyl sites for hydroxylation is 1. The lowest BCUT2D eigenvalue weighted by atomic mass is 9.73. The molecule has 1 aliphatic carbocycles. The second-order valence-corrected chi connectivity index (χ2v) is 9.25. The quantitative estimate of drug-likeness (QED) is 0.667. The first-order valence-electron chi connectivity index (χ1n) is 10.5. The van der Waals surface area contributed by atoms with Crippen LogP contribution in [0.25, 0.3) is 0 Å². The summed E-state index contributed by atoms with van der Waals surface area (Å²) in [6.07, 6.45) is 5.07. The molecule has 4 rings (SSSR count). The fourth-order valence-electron chi connectivity index (χ4n) is 4.39. The molecule has 2 aromatic rings. The summed E-state index contributed by atoms with van der Waals surface area (Å²) in [6.45, 7) is 5.96. The van der Waals surface area contributed by atoms with Crippen LogP contribution in [0.15, 0.2) is 70.0 Å². The lowest BCUT2D eigenvalue weighted by Crippen LogP contribution is -2.37. The average Bonchev–Trinajstić information content (AvgIpc) is 2.74. The van der Waals surface area contributed by atoms with E-state index >= 15 is 0 Å². The van der Waals surface area contributed by atoms with E-state index in [-0.39, 0.29) is 11.7 Å². The van der Waals surface area contributed by atoms with Gasteiger partial charge < -0.3 is 10.6 Å². The lowest BCUT2D eigenvalue weighted by molar-refractivity contribution is -0.117. The number of ketones is 1. The van der Waals surface area contributed by atoms with Crippen LogP contribution in [0.4, 0.5) is 5.82 Å². The largest absolute Gasteiger partial charge is 0.362 e. The van der Waals surface area contributed by atoms with Crippen molar-refractivity contribution in [2.75, 3.05) is 11.6 Å². The SMILES string of the molecule is CSc1ccc([C@@H]2C(C(=O)Nc3ccc(C)cn3)=C(C)NC3=C2C(=O)C[C@@H](C)C3)cc1. The fourth-order valence-corrected chi connectivity index (χ4v) is 4.80. The van der Waals surface area contributed by atoms with Crippen LogP contribution >= 0.6 is 11.8 Å². The number of anilines is 1. The van der Waals surface area contributed by atoms with E-state index in [1.54, 1.807) is 24.0 Å². The minimum absolute atomic E-state index is 0.117. The number of hydrogen-bond donors (Lipinski definition) is 2. The highest BCUT2D eigenvalue weighted by atomic mass is 32.2. The number of pyridine rings is 1. The van der Waals surface area contributed by atoms with E-state index in [2.05, 4.69) is 22.5 Å². The average molecular weight is 434 g/mol. The zero-order valence-corrected chi connectivity index (χ0v) is 19.1. The summed E-state index contributed by atoms with van der Waals surface area (Å²) in [5, 5.41) is 6.31. The van der Waals surface area contributed by atoms with Gasteiger partial charge in [0, 0.05) is 46.0 Å². The maximum atomic E-state index is 13.4. The molecular weight excluding hydrogens is 406 g/mol. The Morgan fingerprint density at radius 1 is 1.13 bits per heavy atom. The molecule has 160 valence electrons. The number of nitrogens with one attached hydrogen (secondary N) is 2. The molecule has 0 unspecified atom stereocenters. The second-order valence-electron chi connectivity index (χ2n) is 8.37. The van der Waals surface area contributed by atoms with E-state index in [1.165, 1.54) is 0 Å². The van der Waals surface area contributed by atoms with Gasteiger partial charge in [-0.3, -0.25) is 9.59 Å². The number of Topliss-reactive ketones (excluding diaryl/α,β-unsaturated/α-hetero) is 1. The number of rotatable bonds is 4. The third-order valence-electron chi connectivity index (χ3n) is 5.88. The first kappa shape index (κ1) is 21.4. The van der Waals surface area contributed by atoms with E-state index < -0.39 is 5.92 Å². The number of amides is 1. The Morgan fingerprint density at radius 2 is 1.87 bits per heavy atom. The topological polar surface area (TPSA) is 71.1 Å². The summed E-state index contributed by atoms with van der Waals surface area (Å²) in [4.78, 5) is 32.0. The number of dihydropyridines is 1. The molecule has 1 aliphatic heterocycles. The molecule has 0 fully saturated rings. The number of benzene rings is 1. The molecule has 1 amide bonds. The van der Waals surface area contributed by atoms with Crippen molar-refractivity contribution < 1.29 is 9.59 Å². The van der Waals surface area contributed by atoms with Crippen molar-refractivity contribution in [1.82, 2.24) is 10.3 Å². The minimum Gasteiger partial charge on any atom is -0.362 e. The summed E-state index contributed by atoms with van der Waals surface area (Å²) < 4.78 is 0. The van der Waals surface area contributed by atoms with Crippen LogP contribution < -0.4 is 10.6 Å². The van der Waals surface area contributed by atoms with Crippen LogP contribution in [0.1, 0.15) is 43.7 Å².